The summed E-state index contributed by atoms with van der Waals surface area (Å²) in [4.78, 5) is 0. The van der Waals surface area contributed by atoms with Crippen molar-refractivity contribution in [3.05, 3.63) is 0 Å². The summed E-state index contributed by atoms with van der Waals surface area (Å²) in [5.41, 5.74) is 2.90. The minimum Gasteiger partial charge on any atom is -0.271 e. The molecule has 2 nitrogen and oxygen atoms in total. The molecule has 0 amide bonds. The van der Waals surface area contributed by atoms with Crippen LogP contribution in [0.15, 0.2) is 0 Å². The first-order valence-corrected chi connectivity index (χ1v) is 4.22. The molecular formula is C8H18N2. The Morgan fingerprint density at radius 1 is 1.40 bits per heavy atom. The fourth-order valence-corrected chi connectivity index (χ4v) is 1.67. The Morgan fingerprint density at radius 3 is 2.10 bits per heavy atom. The molecule has 1 aliphatic carbocycles. The number of rotatable bonds is 3. The van der Waals surface area contributed by atoms with Gasteiger partial charge < -0.3 is 0 Å². The molecule has 1 aliphatic rings. The predicted octanol–water partition coefficient (Wildman–Crippen LogP) is 1.27. The van der Waals surface area contributed by atoms with E-state index in [1.54, 1.807) is 0 Å². The second kappa shape index (κ2) is 3.35. The molecule has 0 heterocycles. The summed E-state index contributed by atoms with van der Waals surface area (Å²) in [6, 6.07) is 0.550. The van der Waals surface area contributed by atoms with E-state index in [1.807, 2.05) is 0 Å². The van der Waals surface area contributed by atoms with Crippen LogP contribution in [0.5, 0.6) is 0 Å². The number of hydrogen-bond acceptors (Lipinski definition) is 2. The summed E-state index contributed by atoms with van der Waals surface area (Å²) >= 11 is 0. The molecule has 60 valence electrons. The van der Waals surface area contributed by atoms with Crippen LogP contribution in [0.3, 0.4) is 0 Å². The van der Waals surface area contributed by atoms with Crippen molar-refractivity contribution in [3.8, 4) is 0 Å². The maximum atomic E-state index is 5.43. The largest absolute Gasteiger partial charge is 0.271 e. The molecule has 3 N–H and O–H groups in total. The maximum absolute atomic E-state index is 5.43. The zero-order chi connectivity index (χ0) is 7.56. The standard InChI is InChI=1S/C8H18N2/c1-6(2)8(10-9)7-4-3-5-7/h6-8,10H,3-5,9H2,1-2H3. The van der Waals surface area contributed by atoms with Crippen LogP contribution in [0.1, 0.15) is 33.1 Å². The van der Waals surface area contributed by atoms with Crippen molar-refractivity contribution < 1.29 is 0 Å². The SMILES string of the molecule is CC(C)C(NN)C1CCC1. The minimum atomic E-state index is 0.550. The third kappa shape index (κ3) is 1.50. The van der Waals surface area contributed by atoms with Crippen LogP contribution in [-0.4, -0.2) is 6.04 Å². The topological polar surface area (TPSA) is 38.0 Å². The van der Waals surface area contributed by atoms with E-state index in [2.05, 4.69) is 19.3 Å². The van der Waals surface area contributed by atoms with Gasteiger partial charge in [0.15, 0.2) is 0 Å². The molecule has 1 saturated carbocycles. The van der Waals surface area contributed by atoms with E-state index in [-0.39, 0.29) is 0 Å². The lowest BCUT2D eigenvalue weighted by atomic mass is 9.76. The quantitative estimate of drug-likeness (QED) is 0.460. The first-order valence-electron chi connectivity index (χ1n) is 4.22. The van der Waals surface area contributed by atoms with Crippen molar-refractivity contribution in [1.29, 1.82) is 0 Å². The van der Waals surface area contributed by atoms with Crippen molar-refractivity contribution in [2.75, 3.05) is 0 Å². The lowest BCUT2D eigenvalue weighted by Gasteiger charge is -2.35. The fraction of sp³-hybridized carbons (Fsp3) is 1.00. The highest BCUT2D eigenvalue weighted by molar-refractivity contribution is 4.82. The molecule has 0 saturated heterocycles. The molecule has 10 heavy (non-hydrogen) atoms. The van der Waals surface area contributed by atoms with Crippen LogP contribution in [0.4, 0.5) is 0 Å². The van der Waals surface area contributed by atoms with Crippen molar-refractivity contribution >= 4 is 0 Å². The van der Waals surface area contributed by atoms with E-state index >= 15 is 0 Å². The van der Waals surface area contributed by atoms with Crippen LogP contribution in [0.2, 0.25) is 0 Å². The average molecular weight is 142 g/mol. The summed E-state index contributed by atoms with van der Waals surface area (Å²) in [5, 5.41) is 0. The highest BCUT2D eigenvalue weighted by Crippen LogP contribution is 2.31. The van der Waals surface area contributed by atoms with Gasteiger partial charge in [0.2, 0.25) is 0 Å². The second-order valence-electron chi connectivity index (χ2n) is 3.63. The number of nitrogens with two attached hydrogens (primary N) is 1. The van der Waals surface area contributed by atoms with Gasteiger partial charge >= 0.3 is 0 Å². The Kier molecular flexibility index (Phi) is 2.69. The highest BCUT2D eigenvalue weighted by Gasteiger charge is 2.28. The smallest absolute Gasteiger partial charge is 0.0261 e. The molecule has 0 radical (unpaired) electrons. The molecule has 1 atom stereocenters. The van der Waals surface area contributed by atoms with Crippen LogP contribution >= 0.6 is 0 Å². The van der Waals surface area contributed by atoms with Gasteiger partial charge in [-0.3, -0.25) is 11.3 Å². The number of hydrazine groups is 1. The molecule has 0 bridgehead atoms. The summed E-state index contributed by atoms with van der Waals surface area (Å²) < 4.78 is 0. The molecule has 0 aromatic rings. The van der Waals surface area contributed by atoms with Gasteiger partial charge in [-0.25, -0.2) is 0 Å². The van der Waals surface area contributed by atoms with Gasteiger partial charge in [0, 0.05) is 6.04 Å². The van der Waals surface area contributed by atoms with Crippen molar-refractivity contribution in [3.63, 3.8) is 0 Å². The number of hydrogen-bond donors (Lipinski definition) is 2. The predicted molar refractivity (Wildman–Crippen MR) is 43.3 cm³/mol. The third-order valence-electron chi connectivity index (χ3n) is 2.57. The molecule has 2 heteroatoms. The monoisotopic (exact) mass is 142 g/mol. The van der Waals surface area contributed by atoms with Gasteiger partial charge in [-0.1, -0.05) is 20.3 Å². The van der Waals surface area contributed by atoms with Gasteiger partial charge in [0.05, 0.1) is 0 Å². The van der Waals surface area contributed by atoms with Gasteiger partial charge in [0.1, 0.15) is 0 Å². The van der Waals surface area contributed by atoms with Gasteiger partial charge in [-0.2, -0.15) is 0 Å². The lowest BCUT2D eigenvalue weighted by Crippen LogP contribution is -2.46. The average Bonchev–Trinajstić information content (AvgIpc) is 1.76. The first kappa shape index (κ1) is 8.02. The van der Waals surface area contributed by atoms with E-state index in [1.165, 1.54) is 19.3 Å². The third-order valence-corrected chi connectivity index (χ3v) is 2.57. The Labute approximate surface area is 63.1 Å². The maximum Gasteiger partial charge on any atom is 0.0261 e. The summed E-state index contributed by atoms with van der Waals surface area (Å²) in [6.45, 7) is 4.45. The van der Waals surface area contributed by atoms with E-state index in [9.17, 15) is 0 Å². The molecular weight excluding hydrogens is 124 g/mol. The first-order chi connectivity index (χ1) is 4.75. The van der Waals surface area contributed by atoms with Crippen molar-refractivity contribution in [1.82, 2.24) is 5.43 Å². The highest BCUT2D eigenvalue weighted by atomic mass is 15.2. The van der Waals surface area contributed by atoms with Crippen LogP contribution < -0.4 is 11.3 Å². The van der Waals surface area contributed by atoms with E-state index in [4.69, 9.17) is 5.84 Å². The molecule has 1 unspecified atom stereocenters. The Morgan fingerprint density at radius 2 is 2.00 bits per heavy atom. The summed E-state index contributed by atoms with van der Waals surface area (Å²) in [7, 11) is 0. The van der Waals surface area contributed by atoms with Gasteiger partial charge in [0.25, 0.3) is 0 Å². The minimum absolute atomic E-state index is 0.550. The van der Waals surface area contributed by atoms with Gasteiger partial charge in [-0.05, 0) is 24.7 Å². The van der Waals surface area contributed by atoms with E-state index in [0.717, 1.165) is 5.92 Å². The Hall–Kier alpha value is -0.0800. The number of nitrogens with one attached hydrogen (secondary N) is 1. The molecule has 1 fully saturated rings. The second-order valence-corrected chi connectivity index (χ2v) is 3.63. The van der Waals surface area contributed by atoms with Crippen LogP contribution in [0.25, 0.3) is 0 Å². The Balaban J connectivity index is 2.31. The Bertz CT molecular complexity index is 97.4. The van der Waals surface area contributed by atoms with Crippen LogP contribution in [0, 0.1) is 11.8 Å². The molecule has 1 rings (SSSR count). The zero-order valence-electron chi connectivity index (χ0n) is 6.93. The lowest BCUT2D eigenvalue weighted by molar-refractivity contribution is 0.189. The van der Waals surface area contributed by atoms with Gasteiger partial charge in [-0.15, -0.1) is 0 Å². The zero-order valence-corrected chi connectivity index (χ0v) is 6.93. The summed E-state index contributed by atoms with van der Waals surface area (Å²) in [6.07, 6.45) is 4.13. The fourth-order valence-electron chi connectivity index (χ4n) is 1.67. The summed E-state index contributed by atoms with van der Waals surface area (Å²) in [5.74, 6) is 6.96. The van der Waals surface area contributed by atoms with E-state index < -0.39 is 0 Å². The van der Waals surface area contributed by atoms with Crippen molar-refractivity contribution in [2.24, 2.45) is 17.7 Å². The molecule has 0 aromatic carbocycles. The molecule has 0 spiro atoms. The van der Waals surface area contributed by atoms with Crippen LogP contribution in [-0.2, 0) is 0 Å². The molecule has 0 aromatic heterocycles. The van der Waals surface area contributed by atoms with Crippen molar-refractivity contribution in [2.45, 2.75) is 39.2 Å². The normalized spacial score (nSPS) is 22.8. The van der Waals surface area contributed by atoms with E-state index in [0.29, 0.717) is 12.0 Å². The molecule has 0 aliphatic heterocycles.